The monoisotopic (exact) mass is 482 g/mol. The molecule has 0 aliphatic carbocycles. The van der Waals surface area contributed by atoms with E-state index in [0.29, 0.717) is 31.2 Å². The molecule has 2 aromatic rings. The van der Waals surface area contributed by atoms with Crippen LogP contribution in [0.4, 0.5) is 11.6 Å². The molecule has 0 spiro atoms. The predicted octanol–water partition coefficient (Wildman–Crippen LogP) is 2.28. The molecule has 0 bridgehead atoms. The molecule has 168 valence electrons. The molecule has 11 heteroatoms. The van der Waals surface area contributed by atoms with Gasteiger partial charge in [0.15, 0.2) is 5.82 Å². The summed E-state index contributed by atoms with van der Waals surface area (Å²) in [4.78, 5) is 14.2. The molecular formula is C20H27ClN6O2S2. The third kappa shape index (κ3) is 4.93. The quantitative estimate of drug-likeness (QED) is 0.647. The van der Waals surface area contributed by atoms with Crippen molar-refractivity contribution in [2.45, 2.75) is 0 Å². The molecule has 0 saturated carbocycles. The van der Waals surface area contributed by atoms with Crippen molar-refractivity contribution < 1.29 is 8.42 Å². The summed E-state index contributed by atoms with van der Waals surface area (Å²) in [6.07, 6.45) is 1.81. The first kappa shape index (κ1) is 22.6. The number of aromatic nitrogens is 2. The van der Waals surface area contributed by atoms with Gasteiger partial charge >= 0.3 is 0 Å². The summed E-state index contributed by atoms with van der Waals surface area (Å²) in [6, 6.07) is 7.68. The number of hydrogen-bond donors (Lipinski definition) is 0. The van der Waals surface area contributed by atoms with Crippen LogP contribution in [-0.2, 0) is 10.2 Å². The van der Waals surface area contributed by atoms with E-state index in [1.54, 1.807) is 14.1 Å². The van der Waals surface area contributed by atoms with E-state index in [2.05, 4.69) is 9.80 Å². The van der Waals surface area contributed by atoms with Crippen molar-refractivity contribution in [3.63, 3.8) is 0 Å². The normalized spacial score (nSPS) is 18.6. The van der Waals surface area contributed by atoms with Crippen LogP contribution in [0.15, 0.2) is 30.5 Å². The molecule has 8 nitrogen and oxygen atoms in total. The number of thioether (sulfide) groups is 1. The molecule has 2 fully saturated rings. The van der Waals surface area contributed by atoms with Gasteiger partial charge in [-0.25, -0.2) is 9.97 Å². The van der Waals surface area contributed by atoms with Gasteiger partial charge in [0.1, 0.15) is 11.5 Å². The minimum atomic E-state index is -3.40. The second-order valence-electron chi connectivity index (χ2n) is 7.68. The molecule has 31 heavy (non-hydrogen) atoms. The molecule has 0 atom stereocenters. The standard InChI is InChI=1S/C20H27ClN6O2S2/c1-24(2)31(28,29)27-9-7-25(8-10-27)18-15-22-20(26-11-13-30-14-12-26)19(23-18)16-3-5-17(21)6-4-16/h3-6,15H,7-14H2,1-2H3. The maximum atomic E-state index is 12.4. The van der Waals surface area contributed by atoms with E-state index < -0.39 is 10.2 Å². The molecule has 0 amide bonds. The van der Waals surface area contributed by atoms with Crippen molar-refractivity contribution >= 4 is 45.2 Å². The average molecular weight is 483 g/mol. The summed E-state index contributed by atoms with van der Waals surface area (Å²) in [6.45, 7) is 3.87. The first-order valence-corrected chi connectivity index (χ1v) is 13.2. The van der Waals surface area contributed by atoms with Crippen LogP contribution in [0.1, 0.15) is 0 Å². The SMILES string of the molecule is CN(C)S(=O)(=O)N1CCN(c2cnc(N3CCSCC3)c(-c3ccc(Cl)cc3)n2)CC1. The molecule has 1 aromatic carbocycles. The molecule has 2 saturated heterocycles. The zero-order chi connectivity index (χ0) is 22.0. The highest BCUT2D eigenvalue weighted by Gasteiger charge is 2.29. The number of benzene rings is 1. The van der Waals surface area contributed by atoms with Crippen LogP contribution in [0.2, 0.25) is 5.02 Å². The van der Waals surface area contributed by atoms with Gasteiger partial charge in [-0.05, 0) is 12.1 Å². The van der Waals surface area contributed by atoms with Gasteiger partial charge in [-0.1, -0.05) is 23.7 Å². The molecule has 1 aromatic heterocycles. The van der Waals surface area contributed by atoms with E-state index in [0.717, 1.165) is 47.5 Å². The Balaban J connectivity index is 1.61. The Labute approximate surface area is 193 Å². The lowest BCUT2D eigenvalue weighted by atomic mass is 10.1. The van der Waals surface area contributed by atoms with Crippen LogP contribution < -0.4 is 9.80 Å². The highest BCUT2D eigenvalue weighted by molar-refractivity contribution is 7.99. The molecule has 0 N–H and O–H groups in total. The third-order valence-corrected chi connectivity index (χ3v) is 8.65. The van der Waals surface area contributed by atoms with Crippen molar-refractivity contribution in [3.8, 4) is 11.3 Å². The highest BCUT2D eigenvalue weighted by atomic mass is 35.5. The number of nitrogens with zero attached hydrogens (tertiary/aromatic N) is 6. The first-order valence-electron chi connectivity index (χ1n) is 10.2. The fraction of sp³-hybridized carbons (Fsp3) is 0.500. The van der Waals surface area contributed by atoms with Gasteiger partial charge in [-0.2, -0.15) is 28.8 Å². The van der Waals surface area contributed by atoms with Crippen LogP contribution >= 0.6 is 23.4 Å². The molecule has 0 unspecified atom stereocenters. The Morgan fingerprint density at radius 3 is 2.23 bits per heavy atom. The zero-order valence-corrected chi connectivity index (χ0v) is 20.1. The van der Waals surface area contributed by atoms with Gasteiger partial charge in [-0.3, -0.25) is 0 Å². The fourth-order valence-corrected chi connectivity index (χ4v) is 5.83. The predicted molar refractivity (Wildman–Crippen MR) is 128 cm³/mol. The Morgan fingerprint density at radius 2 is 1.61 bits per heavy atom. The molecular weight excluding hydrogens is 456 g/mol. The lowest BCUT2D eigenvalue weighted by molar-refractivity contribution is 0.355. The van der Waals surface area contributed by atoms with Crippen molar-refractivity contribution in [1.82, 2.24) is 18.6 Å². The zero-order valence-electron chi connectivity index (χ0n) is 17.7. The Bertz CT molecular complexity index is 1000. The maximum absolute atomic E-state index is 12.4. The first-order chi connectivity index (χ1) is 14.9. The van der Waals surface area contributed by atoms with Crippen molar-refractivity contribution in [3.05, 3.63) is 35.5 Å². The highest BCUT2D eigenvalue weighted by Crippen LogP contribution is 2.32. The topological polar surface area (TPSA) is 72.9 Å². The summed E-state index contributed by atoms with van der Waals surface area (Å²) in [7, 11) is -0.281. The Kier molecular flexibility index (Phi) is 6.92. The Hall–Kier alpha value is -1.59. The third-order valence-electron chi connectivity index (χ3n) is 5.52. The van der Waals surface area contributed by atoms with Crippen molar-refractivity contribution in [2.24, 2.45) is 0 Å². The summed E-state index contributed by atoms with van der Waals surface area (Å²) in [5.41, 5.74) is 1.81. The van der Waals surface area contributed by atoms with E-state index in [1.165, 1.54) is 8.61 Å². The summed E-state index contributed by atoms with van der Waals surface area (Å²) >= 11 is 8.05. The number of piperazine rings is 1. The van der Waals surface area contributed by atoms with Crippen molar-refractivity contribution in [2.75, 3.05) is 74.7 Å². The van der Waals surface area contributed by atoms with E-state index >= 15 is 0 Å². The van der Waals surface area contributed by atoms with Gasteiger partial charge in [0, 0.05) is 75.5 Å². The number of halogens is 1. The molecule has 0 radical (unpaired) electrons. The van der Waals surface area contributed by atoms with E-state index in [4.69, 9.17) is 21.6 Å². The van der Waals surface area contributed by atoms with Crippen LogP contribution in [-0.4, -0.2) is 91.9 Å². The van der Waals surface area contributed by atoms with E-state index in [9.17, 15) is 8.42 Å². The molecule has 2 aliphatic rings. The summed E-state index contributed by atoms with van der Waals surface area (Å²) in [5.74, 6) is 3.81. The minimum Gasteiger partial charge on any atom is -0.353 e. The van der Waals surface area contributed by atoms with Gasteiger partial charge < -0.3 is 9.80 Å². The second kappa shape index (κ2) is 9.50. The number of hydrogen-bond acceptors (Lipinski definition) is 7. The molecule has 4 rings (SSSR count). The van der Waals surface area contributed by atoms with Gasteiger partial charge in [-0.15, -0.1) is 0 Å². The fourth-order valence-electron chi connectivity index (χ4n) is 3.71. The van der Waals surface area contributed by atoms with E-state index in [-0.39, 0.29) is 0 Å². The summed E-state index contributed by atoms with van der Waals surface area (Å²) < 4.78 is 27.6. The van der Waals surface area contributed by atoms with E-state index in [1.807, 2.05) is 42.2 Å². The maximum Gasteiger partial charge on any atom is 0.281 e. The van der Waals surface area contributed by atoms with Crippen LogP contribution in [0.3, 0.4) is 0 Å². The lowest BCUT2D eigenvalue weighted by Crippen LogP contribution is -2.52. The molecule has 2 aliphatic heterocycles. The van der Waals surface area contributed by atoms with Crippen molar-refractivity contribution in [1.29, 1.82) is 0 Å². The Morgan fingerprint density at radius 1 is 0.968 bits per heavy atom. The largest absolute Gasteiger partial charge is 0.353 e. The number of anilines is 2. The molecule has 3 heterocycles. The van der Waals surface area contributed by atoms with Crippen LogP contribution in [0.5, 0.6) is 0 Å². The van der Waals surface area contributed by atoms with Crippen LogP contribution in [0, 0.1) is 0 Å². The second-order valence-corrected chi connectivity index (χ2v) is 11.5. The van der Waals surface area contributed by atoms with Gasteiger partial charge in [0.25, 0.3) is 10.2 Å². The summed E-state index contributed by atoms with van der Waals surface area (Å²) in [5, 5.41) is 0.682. The average Bonchev–Trinajstić information content (AvgIpc) is 2.80. The minimum absolute atomic E-state index is 0.420. The number of rotatable bonds is 5. The van der Waals surface area contributed by atoms with Gasteiger partial charge in [0.2, 0.25) is 0 Å². The smallest absolute Gasteiger partial charge is 0.281 e. The lowest BCUT2D eigenvalue weighted by Gasteiger charge is -2.36. The van der Waals surface area contributed by atoms with Crippen LogP contribution in [0.25, 0.3) is 11.3 Å². The van der Waals surface area contributed by atoms with Gasteiger partial charge in [0.05, 0.1) is 6.20 Å².